The van der Waals surface area contributed by atoms with E-state index in [0.29, 0.717) is 10.0 Å². The molecule has 0 atom stereocenters. The number of esters is 1. The highest BCUT2D eigenvalue weighted by Crippen LogP contribution is 2.26. The molecule has 0 saturated heterocycles. The second kappa shape index (κ2) is 5.39. The van der Waals surface area contributed by atoms with Crippen LogP contribution in [0.1, 0.15) is 12.5 Å². The summed E-state index contributed by atoms with van der Waals surface area (Å²) in [6.45, 7) is 1.44. The Bertz CT molecular complexity index is 380. The van der Waals surface area contributed by atoms with E-state index in [1.165, 1.54) is 13.0 Å². The smallest absolute Gasteiger partial charge is 0.377 e. The van der Waals surface area contributed by atoms with Crippen LogP contribution in [0.5, 0.6) is 0 Å². The normalized spacial score (nSPS) is 11.2. The average molecular weight is 293 g/mol. The number of ether oxygens (including phenoxy) is 1. The van der Waals surface area contributed by atoms with E-state index in [4.69, 9.17) is 0 Å². The lowest BCUT2D eigenvalue weighted by atomic mass is 10.1. The molecule has 0 aliphatic carbocycles. The summed E-state index contributed by atoms with van der Waals surface area (Å²) < 4.78 is 31.6. The number of carbonyl (C=O) groups excluding carboxylic acids is 1. The monoisotopic (exact) mass is 292 g/mol. The first-order valence-electron chi connectivity index (χ1n) is 4.76. The standard InChI is InChI=1S/C11H11BrF2O2/c1-2-16-10(15)11(13,14)7-8-5-3-4-6-9(8)12/h3-6H,2,7H2,1H3. The zero-order valence-electron chi connectivity index (χ0n) is 8.67. The number of hydrogen-bond acceptors (Lipinski definition) is 2. The summed E-state index contributed by atoms with van der Waals surface area (Å²) in [4.78, 5) is 11.0. The molecule has 0 radical (unpaired) electrons. The predicted octanol–water partition coefficient (Wildman–Crippen LogP) is 3.19. The minimum atomic E-state index is -3.49. The molecule has 0 spiro atoms. The van der Waals surface area contributed by atoms with E-state index >= 15 is 0 Å². The molecule has 1 rings (SSSR count). The zero-order valence-corrected chi connectivity index (χ0v) is 10.3. The van der Waals surface area contributed by atoms with E-state index in [2.05, 4.69) is 20.7 Å². The first-order valence-corrected chi connectivity index (χ1v) is 5.55. The lowest BCUT2D eigenvalue weighted by Crippen LogP contribution is -2.33. The molecule has 1 aromatic rings. The van der Waals surface area contributed by atoms with E-state index in [-0.39, 0.29) is 6.61 Å². The average Bonchev–Trinajstić information content (AvgIpc) is 2.21. The van der Waals surface area contributed by atoms with Gasteiger partial charge in [0.25, 0.3) is 0 Å². The number of hydrogen-bond donors (Lipinski definition) is 0. The van der Waals surface area contributed by atoms with Crippen molar-refractivity contribution in [3.8, 4) is 0 Å². The van der Waals surface area contributed by atoms with Gasteiger partial charge in [-0.3, -0.25) is 0 Å². The van der Waals surface area contributed by atoms with Crippen LogP contribution >= 0.6 is 15.9 Å². The molecular weight excluding hydrogens is 282 g/mol. The molecule has 0 aliphatic heterocycles. The molecule has 0 N–H and O–H groups in total. The van der Waals surface area contributed by atoms with Crippen LogP contribution in [0.15, 0.2) is 28.7 Å². The van der Waals surface area contributed by atoms with Gasteiger partial charge < -0.3 is 4.74 Å². The fourth-order valence-electron chi connectivity index (χ4n) is 1.19. The SMILES string of the molecule is CCOC(=O)C(F)(F)Cc1ccccc1Br. The summed E-state index contributed by atoms with van der Waals surface area (Å²) in [5, 5.41) is 0. The van der Waals surface area contributed by atoms with Crippen LogP contribution in [0.4, 0.5) is 8.78 Å². The summed E-state index contributed by atoms with van der Waals surface area (Å²) in [7, 11) is 0. The van der Waals surface area contributed by atoms with Gasteiger partial charge in [-0.2, -0.15) is 8.78 Å². The Morgan fingerprint density at radius 3 is 2.62 bits per heavy atom. The van der Waals surface area contributed by atoms with Crippen LogP contribution in [0.2, 0.25) is 0 Å². The lowest BCUT2D eigenvalue weighted by molar-refractivity contribution is -0.171. The summed E-state index contributed by atoms with van der Waals surface area (Å²) in [6, 6.07) is 6.55. The topological polar surface area (TPSA) is 26.3 Å². The first kappa shape index (κ1) is 13.1. The maximum absolute atomic E-state index is 13.4. The molecule has 0 aromatic heterocycles. The Morgan fingerprint density at radius 1 is 1.44 bits per heavy atom. The van der Waals surface area contributed by atoms with Crippen molar-refractivity contribution in [1.29, 1.82) is 0 Å². The van der Waals surface area contributed by atoms with Gasteiger partial charge in [0.2, 0.25) is 0 Å². The van der Waals surface area contributed by atoms with Crippen molar-refractivity contribution in [2.24, 2.45) is 0 Å². The third kappa shape index (κ3) is 3.27. The molecule has 0 unspecified atom stereocenters. The second-order valence-corrected chi connectivity index (χ2v) is 4.05. The zero-order chi connectivity index (χ0) is 12.2. The molecule has 0 aliphatic rings. The van der Waals surface area contributed by atoms with E-state index in [1.807, 2.05) is 0 Å². The number of alkyl halides is 2. The maximum atomic E-state index is 13.4. The first-order chi connectivity index (χ1) is 7.47. The van der Waals surface area contributed by atoms with Gasteiger partial charge in [0.05, 0.1) is 6.61 Å². The summed E-state index contributed by atoms with van der Waals surface area (Å²) in [5.74, 6) is -4.97. The highest BCUT2D eigenvalue weighted by atomic mass is 79.9. The third-order valence-corrected chi connectivity index (χ3v) is 2.72. The Morgan fingerprint density at radius 2 is 2.06 bits per heavy atom. The van der Waals surface area contributed by atoms with Crippen LogP contribution < -0.4 is 0 Å². The molecule has 0 fully saturated rings. The van der Waals surface area contributed by atoms with Crippen molar-refractivity contribution >= 4 is 21.9 Å². The van der Waals surface area contributed by atoms with Crippen molar-refractivity contribution < 1.29 is 18.3 Å². The summed E-state index contributed by atoms with van der Waals surface area (Å²) in [6.07, 6.45) is -0.659. The maximum Gasteiger partial charge on any atom is 0.377 e. The van der Waals surface area contributed by atoms with Gasteiger partial charge in [0, 0.05) is 10.9 Å². The molecule has 5 heteroatoms. The fourth-order valence-corrected chi connectivity index (χ4v) is 1.61. The van der Waals surface area contributed by atoms with E-state index in [1.54, 1.807) is 18.2 Å². The van der Waals surface area contributed by atoms with Gasteiger partial charge in [0.1, 0.15) is 0 Å². The van der Waals surface area contributed by atoms with E-state index < -0.39 is 18.3 Å². The third-order valence-electron chi connectivity index (χ3n) is 1.94. The molecule has 0 amide bonds. The molecule has 1 aromatic carbocycles. The molecule has 0 bridgehead atoms. The number of benzene rings is 1. The Hall–Kier alpha value is -0.970. The highest BCUT2D eigenvalue weighted by Gasteiger charge is 2.40. The van der Waals surface area contributed by atoms with Crippen LogP contribution in [-0.4, -0.2) is 18.5 Å². The van der Waals surface area contributed by atoms with E-state index in [0.717, 1.165) is 0 Å². The van der Waals surface area contributed by atoms with Crippen molar-refractivity contribution in [2.45, 2.75) is 19.3 Å². The van der Waals surface area contributed by atoms with E-state index in [9.17, 15) is 13.6 Å². The molecule has 0 saturated carbocycles. The van der Waals surface area contributed by atoms with Gasteiger partial charge in [-0.05, 0) is 18.6 Å². The molecule has 16 heavy (non-hydrogen) atoms. The number of rotatable bonds is 4. The minimum Gasteiger partial charge on any atom is -0.462 e. The van der Waals surface area contributed by atoms with Gasteiger partial charge in [-0.15, -0.1) is 0 Å². The van der Waals surface area contributed by atoms with Gasteiger partial charge in [-0.25, -0.2) is 4.79 Å². The van der Waals surface area contributed by atoms with Crippen LogP contribution in [-0.2, 0) is 16.0 Å². The lowest BCUT2D eigenvalue weighted by Gasteiger charge is -2.15. The van der Waals surface area contributed by atoms with Gasteiger partial charge in [0.15, 0.2) is 0 Å². The largest absolute Gasteiger partial charge is 0.462 e. The minimum absolute atomic E-state index is 0.0512. The summed E-state index contributed by atoms with van der Waals surface area (Å²) in [5.41, 5.74) is 0.376. The number of carbonyl (C=O) groups is 1. The quantitative estimate of drug-likeness (QED) is 0.797. The Balaban J connectivity index is 2.80. The van der Waals surface area contributed by atoms with Crippen molar-refractivity contribution in [1.82, 2.24) is 0 Å². The second-order valence-electron chi connectivity index (χ2n) is 3.19. The van der Waals surface area contributed by atoms with Crippen molar-refractivity contribution in [2.75, 3.05) is 6.61 Å². The number of halogens is 3. The Kier molecular flexibility index (Phi) is 4.41. The van der Waals surface area contributed by atoms with Crippen molar-refractivity contribution in [3.05, 3.63) is 34.3 Å². The predicted molar refractivity (Wildman–Crippen MR) is 59.4 cm³/mol. The van der Waals surface area contributed by atoms with Crippen LogP contribution in [0, 0.1) is 0 Å². The summed E-state index contributed by atoms with van der Waals surface area (Å²) >= 11 is 3.15. The van der Waals surface area contributed by atoms with Gasteiger partial charge >= 0.3 is 11.9 Å². The molecule has 2 nitrogen and oxygen atoms in total. The van der Waals surface area contributed by atoms with Crippen LogP contribution in [0.25, 0.3) is 0 Å². The van der Waals surface area contributed by atoms with Crippen molar-refractivity contribution in [3.63, 3.8) is 0 Å². The fraction of sp³-hybridized carbons (Fsp3) is 0.364. The van der Waals surface area contributed by atoms with Gasteiger partial charge in [-0.1, -0.05) is 34.1 Å². The highest BCUT2D eigenvalue weighted by molar-refractivity contribution is 9.10. The molecule has 88 valence electrons. The molecule has 0 heterocycles. The Labute approximate surface area is 101 Å². The van der Waals surface area contributed by atoms with Crippen LogP contribution in [0.3, 0.4) is 0 Å². The molecular formula is C11H11BrF2O2.